The van der Waals surface area contributed by atoms with Crippen LogP contribution in [-0.2, 0) is 0 Å². The summed E-state index contributed by atoms with van der Waals surface area (Å²) >= 11 is 5.85. The lowest BCUT2D eigenvalue weighted by atomic mass is 9.98. The monoisotopic (exact) mass is 266 g/mol. The van der Waals surface area contributed by atoms with E-state index in [-0.39, 0.29) is 0 Å². The highest BCUT2D eigenvalue weighted by Crippen LogP contribution is 2.31. The van der Waals surface area contributed by atoms with Crippen molar-refractivity contribution in [1.29, 1.82) is 0 Å². The van der Waals surface area contributed by atoms with Gasteiger partial charge in [0.15, 0.2) is 0 Å². The van der Waals surface area contributed by atoms with Crippen LogP contribution in [-0.4, -0.2) is 34.6 Å². The minimum absolute atomic E-state index is 0.565. The van der Waals surface area contributed by atoms with Gasteiger partial charge in [0.25, 0.3) is 0 Å². The second kappa shape index (κ2) is 5.02. The Morgan fingerprint density at radius 2 is 1.89 bits per heavy atom. The molecule has 3 rings (SSSR count). The van der Waals surface area contributed by atoms with E-state index in [1.54, 1.807) is 12.4 Å². The Hall–Kier alpha value is -0.870. The maximum atomic E-state index is 5.85. The number of halogens is 1. The van der Waals surface area contributed by atoms with Crippen LogP contribution in [0.25, 0.3) is 0 Å². The van der Waals surface area contributed by atoms with Crippen LogP contribution in [0.2, 0.25) is 5.02 Å². The van der Waals surface area contributed by atoms with Gasteiger partial charge in [-0.05, 0) is 32.6 Å². The van der Waals surface area contributed by atoms with Crippen LogP contribution < -0.4 is 10.2 Å². The first-order chi connectivity index (χ1) is 8.76. The number of piperidine rings is 1. The average molecular weight is 267 g/mol. The highest BCUT2D eigenvalue weighted by Gasteiger charge is 2.36. The van der Waals surface area contributed by atoms with E-state index < -0.39 is 0 Å². The molecule has 2 atom stereocenters. The molecule has 5 heteroatoms. The van der Waals surface area contributed by atoms with Crippen molar-refractivity contribution in [3.05, 3.63) is 17.4 Å². The fourth-order valence-corrected chi connectivity index (χ4v) is 3.40. The fourth-order valence-electron chi connectivity index (χ4n) is 3.30. The van der Waals surface area contributed by atoms with E-state index in [1.165, 1.54) is 25.7 Å². The number of rotatable bonds is 3. The molecule has 1 aromatic rings. The second-order valence-corrected chi connectivity index (χ2v) is 5.69. The molecule has 2 aliphatic rings. The Kier molecular flexibility index (Phi) is 3.39. The molecule has 0 saturated carbocycles. The zero-order valence-electron chi connectivity index (χ0n) is 10.6. The predicted octanol–water partition coefficient (Wildman–Crippen LogP) is 2.24. The normalized spacial score (nSPS) is 30.4. The Morgan fingerprint density at radius 3 is 2.44 bits per heavy atom. The molecule has 4 nitrogen and oxygen atoms in total. The summed E-state index contributed by atoms with van der Waals surface area (Å²) in [5, 5.41) is 4.27. The lowest BCUT2D eigenvalue weighted by Gasteiger charge is -2.37. The predicted molar refractivity (Wildman–Crippen MR) is 73.0 cm³/mol. The van der Waals surface area contributed by atoms with Crippen LogP contribution in [0.5, 0.6) is 0 Å². The van der Waals surface area contributed by atoms with E-state index in [1.807, 2.05) is 0 Å². The van der Waals surface area contributed by atoms with E-state index in [9.17, 15) is 0 Å². The first-order valence-corrected chi connectivity index (χ1v) is 7.14. The summed E-state index contributed by atoms with van der Waals surface area (Å²) in [6, 6.07) is 1.94. The standard InChI is InChI=1S/C13H19ClN4/c1-2-18(13-15-7-9(14)8-16-13)12-5-10-3-4-11(6-12)17-10/h7-8,10-12,17H,2-6H2,1H3. The number of nitrogens with one attached hydrogen (secondary N) is 1. The van der Waals surface area contributed by atoms with Gasteiger partial charge in [0.2, 0.25) is 5.95 Å². The van der Waals surface area contributed by atoms with Crippen LogP contribution >= 0.6 is 11.6 Å². The summed E-state index contributed by atoms with van der Waals surface area (Å²) in [4.78, 5) is 11.0. The number of fused-ring (bicyclic) bond motifs is 2. The van der Waals surface area contributed by atoms with Gasteiger partial charge in [0.05, 0.1) is 17.4 Å². The molecular formula is C13H19ClN4. The minimum Gasteiger partial charge on any atom is -0.338 e. The summed E-state index contributed by atoms with van der Waals surface area (Å²) in [6.45, 7) is 3.12. The molecule has 3 heterocycles. The maximum absolute atomic E-state index is 5.85. The van der Waals surface area contributed by atoms with Gasteiger partial charge in [-0.15, -0.1) is 0 Å². The molecule has 18 heavy (non-hydrogen) atoms. The zero-order valence-corrected chi connectivity index (χ0v) is 11.4. The van der Waals surface area contributed by atoms with Crippen LogP contribution in [0.15, 0.2) is 12.4 Å². The summed E-state index contributed by atoms with van der Waals surface area (Å²) in [5.74, 6) is 0.813. The molecule has 2 saturated heterocycles. The van der Waals surface area contributed by atoms with Gasteiger partial charge in [-0.1, -0.05) is 11.6 Å². The van der Waals surface area contributed by atoms with E-state index in [0.29, 0.717) is 23.1 Å². The van der Waals surface area contributed by atoms with Gasteiger partial charge in [-0.3, -0.25) is 0 Å². The summed E-state index contributed by atoms with van der Waals surface area (Å²) in [5.41, 5.74) is 0. The molecule has 2 fully saturated rings. The fraction of sp³-hybridized carbons (Fsp3) is 0.692. The van der Waals surface area contributed by atoms with Gasteiger partial charge >= 0.3 is 0 Å². The number of hydrogen-bond donors (Lipinski definition) is 1. The number of aromatic nitrogens is 2. The molecule has 2 bridgehead atoms. The van der Waals surface area contributed by atoms with Gasteiger partial charge < -0.3 is 10.2 Å². The van der Waals surface area contributed by atoms with Crippen LogP contribution in [0.3, 0.4) is 0 Å². The lowest BCUT2D eigenvalue weighted by molar-refractivity contribution is 0.346. The van der Waals surface area contributed by atoms with Crippen LogP contribution in [0.1, 0.15) is 32.6 Å². The van der Waals surface area contributed by atoms with Gasteiger partial charge in [-0.25, -0.2) is 9.97 Å². The Morgan fingerprint density at radius 1 is 1.28 bits per heavy atom. The molecule has 0 spiro atoms. The topological polar surface area (TPSA) is 41.1 Å². The summed E-state index contributed by atoms with van der Waals surface area (Å²) in [6.07, 6.45) is 8.41. The number of nitrogens with zero attached hydrogens (tertiary/aromatic N) is 3. The highest BCUT2D eigenvalue weighted by atomic mass is 35.5. The van der Waals surface area contributed by atoms with Gasteiger partial charge in [0, 0.05) is 24.7 Å². The quantitative estimate of drug-likeness (QED) is 0.911. The molecule has 98 valence electrons. The average Bonchev–Trinajstić information content (AvgIpc) is 2.72. The zero-order chi connectivity index (χ0) is 12.5. The molecule has 0 radical (unpaired) electrons. The smallest absolute Gasteiger partial charge is 0.225 e. The highest BCUT2D eigenvalue weighted by molar-refractivity contribution is 6.30. The molecule has 1 N–H and O–H groups in total. The Labute approximate surface area is 113 Å². The number of hydrogen-bond acceptors (Lipinski definition) is 4. The minimum atomic E-state index is 0.565. The lowest BCUT2D eigenvalue weighted by Crippen LogP contribution is -2.48. The van der Waals surface area contributed by atoms with Crippen LogP contribution in [0.4, 0.5) is 5.95 Å². The van der Waals surface area contributed by atoms with Crippen molar-refractivity contribution in [2.45, 2.75) is 50.7 Å². The van der Waals surface area contributed by atoms with E-state index in [0.717, 1.165) is 12.5 Å². The molecule has 0 amide bonds. The van der Waals surface area contributed by atoms with Crippen molar-refractivity contribution in [3.8, 4) is 0 Å². The van der Waals surface area contributed by atoms with E-state index in [4.69, 9.17) is 11.6 Å². The van der Waals surface area contributed by atoms with Gasteiger partial charge in [0.1, 0.15) is 0 Å². The molecular weight excluding hydrogens is 248 g/mol. The summed E-state index contributed by atoms with van der Waals surface area (Å²) < 4.78 is 0. The van der Waals surface area contributed by atoms with Crippen LogP contribution in [0, 0.1) is 0 Å². The molecule has 2 unspecified atom stereocenters. The van der Waals surface area contributed by atoms with Crippen molar-refractivity contribution < 1.29 is 0 Å². The second-order valence-electron chi connectivity index (χ2n) is 5.25. The third kappa shape index (κ3) is 2.31. The molecule has 2 aliphatic heterocycles. The molecule has 0 aromatic carbocycles. The first kappa shape index (κ1) is 12.2. The van der Waals surface area contributed by atoms with E-state index in [2.05, 4.69) is 27.1 Å². The Bertz CT molecular complexity index is 396. The SMILES string of the molecule is CCN(c1ncc(Cl)cn1)C1CC2CCC(C1)N2. The molecule has 1 aromatic heterocycles. The van der Waals surface area contributed by atoms with Gasteiger partial charge in [-0.2, -0.15) is 0 Å². The third-order valence-electron chi connectivity index (χ3n) is 4.09. The van der Waals surface area contributed by atoms with Crippen molar-refractivity contribution >= 4 is 17.5 Å². The van der Waals surface area contributed by atoms with Crippen molar-refractivity contribution in [3.63, 3.8) is 0 Å². The Balaban J connectivity index is 1.77. The third-order valence-corrected chi connectivity index (χ3v) is 4.29. The summed E-state index contributed by atoms with van der Waals surface area (Å²) in [7, 11) is 0. The van der Waals surface area contributed by atoms with Crippen molar-refractivity contribution in [2.75, 3.05) is 11.4 Å². The largest absolute Gasteiger partial charge is 0.338 e. The maximum Gasteiger partial charge on any atom is 0.225 e. The number of anilines is 1. The van der Waals surface area contributed by atoms with E-state index >= 15 is 0 Å². The molecule has 0 aliphatic carbocycles. The van der Waals surface area contributed by atoms with Crippen molar-refractivity contribution in [1.82, 2.24) is 15.3 Å². The van der Waals surface area contributed by atoms with Crippen molar-refractivity contribution in [2.24, 2.45) is 0 Å². The first-order valence-electron chi connectivity index (χ1n) is 6.76.